The third kappa shape index (κ3) is 5.38. The number of hydrogen-bond acceptors (Lipinski definition) is 2. The van der Waals surface area contributed by atoms with Crippen LogP contribution >= 0.6 is 0 Å². The summed E-state index contributed by atoms with van der Waals surface area (Å²) >= 11 is 0. The number of carbonyl (C=O) groups is 1. The topological polar surface area (TPSA) is 49.3 Å². The van der Waals surface area contributed by atoms with Gasteiger partial charge < -0.3 is 10.4 Å². The Hall–Kier alpha value is -2.86. The number of rotatable bonds is 7. The van der Waals surface area contributed by atoms with E-state index in [4.69, 9.17) is 5.11 Å². The van der Waals surface area contributed by atoms with Gasteiger partial charge in [0, 0.05) is 18.5 Å². The summed E-state index contributed by atoms with van der Waals surface area (Å²) in [6.45, 7) is 2.13. The molecular weight excluding hydrogens is 427 g/mol. The number of aryl methyl sites for hydroxylation is 1. The van der Waals surface area contributed by atoms with Crippen molar-refractivity contribution >= 4 is 16.7 Å². The van der Waals surface area contributed by atoms with Gasteiger partial charge >= 0.3 is 12.1 Å². The zero-order valence-corrected chi connectivity index (χ0v) is 18.5. The van der Waals surface area contributed by atoms with E-state index in [0.29, 0.717) is 5.56 Å². The van der Waals surface area contributed by atoms with Gasteiger partial charge in [0.25, 0.3) is 0 Å². The molecule has 2 N–H and O–H groups in total. The fraction of sp³-hybridized carbons (Fsp3) is 0.370. The van der Waals surface area contributed by atoms with Crippen molar-refractivity contribution in [3.8, 4) is 0 Å². The van der Waals surface area contributed by atoms with Gasteiger partial charge in [-0.15, -0.1) is 0 Å². The van der Waals surface area contributed by atoms with E-state index in [1.165, 1.54) is 28.5 Å². The number of alkyl halides is 3. The Morgan fingerprint density at radius 2 is 1.85 bits per heavy atom. The Bertz CT molecular complexity index is 1140. The van der Waals surface area contributed by atoms with E-state index < -0.39 is 17.7 Å². The lowest BCUT2D eigenvalue weighted by molar-refractivity contribution is -0.140. The van der Waals surface area contributed by atoms with Gasteiger partial charge in [-0.1, -0.05) is 54.6 Å². The third-order valence-corrected chi connectivity index (χ3v) is 6.73. The van der Waals surface area contributed by atoms with Gasteiger partial charge in [-0.05, 0) is 72.1 Å². The predicted molar refractivity (Wildman–Crippen MR) is 123 cm³/mol. The van der Waals surface area contributed by atoms with Crippen LogP contribution in [-0.4, -0.2) is 17.1 Å². The number of carboxylic acids is 1. The number of nitrogens with one attached hydrogen (secondary N) is 1. The SMILES string of the molecule is C[C@H](N[C@@H]1CCC(c2ccc(CCC(=O)O)c(C(F)(F)F)c2)C1)c1cccc2ccccc12. The van der Waals surface area contributed by atoms with Crippen LogP contribution in [0.4, 0.5) is 13.2 Å². The van der Waals surface area contributed by atoms with Crippen LogP contribution < -0.4 is 5.32 Å². The number of aliphatic carboxylic acids is 1. The molecule has 1 unspecified atom stereocenters. The van der Waals surface area contributed by atoms with Crippen molar-refractivity contribution in [2.24, 2.45) is 0 Å². The molecule has 1 saturated carbocycles. The van der Waals surface area contributed by atoms with E-state index in [-0.39, 0.29) is 36.4 Å². The number of fused-ring (bicyclic) bond motifs is 1. The first kappa shape index (κ1) is 23.3. The van der Waals surface area contributed by atoms with Gasteiger partial charge in [0.2, 0.25) is 0 Å². The highest BCUT2D eigenvalue weighted by Crippen LogP contribution is 2.40. The van der Waals surface area contributed by atoms with E-state index in [1.54, 1.807) is 6.07 Å². The van der Waals surface area contributed by atoms with Crippen molar-refractivity contribution in [2.45, 2.75) is 63.2 Å². The van der Waals surface area contributed by atoms with Crippen LogP contribution in [0.1, 0.15) is 66.8 Å². The van der Waals surface area contributed by atoms with Crippen LogP contribution in [0.15, 0.2) is 60.7 Å². The van der Waals surface area contributed by atoms with Crippen LogP contribution in [-0.2, 0) is 17.4 Å². The molecule has 0 bridgehead atoms. The molecule has 0 amide bonds. The third-order valence-electron chi connectivity index (χ3n) is 6.73. The van der Waals surface area contributed by atoms with Gasteiger partial charge in [-0.25, -0.2) is 0 Å². The molecule has 0 heterocycles. The molecule has 1 fully saturated rings. The maximum absolute atomic E-state index is 13.6. The average Bonchev–Trinajstić information content (AvgIpc) is 3.25. The first-order chi connectivity index (χ1) is 15.7. The zero-order chi connectivity index (χ0) is 23.6. The molecule has 3 aromatic rings. The Kier molecular flexibility index (Phi) is 6.75. The summed E-state index contributed by atoms with van der Waals surface area (Å²) in [5.41, 5.74) is 1.25. The summed E-state index contributed by atoms with van der Waals surface area (Å²) in [5, 5.41) is 14.9. The lowest BCUT2D eigenvalue weighted by atomic mass is 9.92. The fourth-order valence-electron chi connectivity index (χ4n) is 5.08. The second-order valence-electron chi connectivity index (χ2n) is 8.97. The summed E-state index contributed by atoms with van der Waals surface area (Å²) in [6, 6.07) is 19.3. The highest BCUT2D eigenvalue weighted by Gasteiger charge is 2.35. The van der Waals surface area contributed by atoms with Crippen molar-refractivity contribution in [3.63, 3.8) is 0 Å². The van der Waals surface area contributed by atoms with Crippen molar-refractivity contribution in [1.82, 2.24) is 5.32 Å². The molecule has 0 aromatic heterocycles. The lowest BCUT2D eigenvalue weighted by Gasteiger charge is -2.22. The Labute approximate surface area is 191 Å². The molecule has 4 rings (SSSR count). The summed E-state index contributed by atoms with van der Waals surface area (Å²) in [7, 11) is 0. The van der Waals surface area contributed by atoms with Gasteiger partial charge in [0.15, 0.2) is 0 Å². The standard InChI is InChI=1S/C27H28F3NO2/c1-17(23-8-4-6-18-5-2-3-7-24(18)23)31-22-13-11-20(15-22)21-10-9-19(12-14-26(32)33)25(16-21)27(28,29)30/h2-10,16-17,20,22,31H,11-15H2,1H3,(H,32,33)/t17-,20?,22+/m0/s1. The maximum Gasteiger partial charge on any atom is 0.416 e. The van der Waals surface area contributed by atoms with Crippen LogP contribution in [0, 0.1) is 0 Å². The highest BCUT2D eigenvalue weighted by atomic mass is 19.4. The average molecular weight is 456 g/mol. The summed E-state index contributed by atoms with van der Waals surface area (Å²) in [5.74, 6) is -1.05. The maximum atomic E-state index is 13.6. The predicted octanol–water partition coefficient (Wildman–Crippen LogP) is 6.86. The van der Waals surface area contributed by atoms with Crippen LogP contribution in [0.2, 0.25) is 0 Å². The molecule has 33 heavy (non-hydrogen) atoms. The first-order valence-electron chi connectivity index (χ1n) is 11.4. The highest BCUT2D eigenvalue weighted by molar-refractivity contribution is 5.86. The molecule has 0 spiro atoms. The molecule has 0 aliphatic heterocycles. The van der Waals surface area contributed by atoms with Crippen molar-refractivity contribution in [2.75, 3.05) is 0 Å². The summed E-state index contributed by atoms with van der Waals surface area (Å²) in [6.07, 6.45) is -2.43. The van der Waals surface area contributed by atoms with Gasteiger partial charge in [-0.3, -0.25) is 4.79 Å². The second kappa shape index (κ2) is 9.56. The number of benzene rings is 3. The second-order valence-corrected chi connectivity index (χ2v) is 8.97. The van der Waals surface area contributed by atoms with Crippen LogP contribution in [0.3, 0.4) is 0 Å². The first-order valence-corrected chi connectivity index (χ1v) is 11.4. The quantitative estimate of drug-likeness (QED) is 0.409. The smallest absolute Gasteiger partial charge is 0.416 e. The Morgan fingerprint density at radius 3 is 2.61 bits per heavy atom. The molecule has 174 valence electrons. The van der Waals surface area contributed by atoms with E-state index in [1.807, 2.05) is 12.1 Å². The van der Waals surface area contributed by atoms with Crippen molar-refractivity contribution in [1.29, 1.82) is 0 Å². The molecule has 1 aliphatic rings. The monoisotopic (exact) mass is 455 g/mol. The van der Waals surface area contributed by atoms with E-state index in [9.17, 15) is 18.0 Å². The molecule has 3 aromatic carbocycles. The van der Waals surface area contributed by atoms with Gasteiger partial charge in [-0.2, -0.15) is 13.2 Å². The summed E-state index contributed by atoms with van der Waals surface area (Å²) < 4.78 is 40.9. The zero-order valence-electron chi connectivity index (χ0n) is 18.5. The van der Waals surface area contributed by atoms with Gasteiger partial charge in [0.1, 0.15) is 0 Å². The molecule has 3 atom stereocenters. The Balaban J connectivity index is 1.47. The van der Waals surface area contributed by atoms with Crippen LogP contribution in [0.25, 0.3) is 10.8 Å². The van der Waals surface area contributed by atoms with Crippen molar-refractivity contribution in [3.05, 3.63) is 82.9 Å². The largest absolute Gasteiger partial charge is 0.481 e. The molecule has 1 aliphatic carbocycles. The van der Waals surface area contributed by atoms with E-state index >= 15 is 0 Å². The van der Waals surface area contributed by atoms with E-state index in [2.05, 4.69) is 42.6 Å². The molecular formula is C27H28F3NO2. The minimum atomic E-state index is -4.50. The number of halogens is 3. The van der Waals surface area contributed by atoms with Crippen LogP contribution in [0.5, 0.6) is 0 Å². The molecule has 0 saturated heterocycles. The van der Waals surface area contributed by atoms with E-state index in [0.717, 1.165) is 19.3 Å². The molecule has 3 nitrogen and oxygen atoms in total. The molecule has 6 heteroatoms. The van der Waals surface area contributed by atoms with Gasteiger partial charge in [0.05, 0.1) is 5.56 Å². The molecule has 0 radical (unpaired) electrons. The van der Waals surface area contributed by atoms with Crippen molar-refractivity contribution < 1.29 is 23.1 Å². The minimum Gasteiger partial charge on any atom is -0.481 e. The lowest BCUT2D eigenvalue weighted by Crippen LogP contribution is -2.29. The normalized spacial score (nSPS) is 19.6. The number of hydrogen-bond donors (Lipinski definition) is 2. The minimum absolute atomic E-state index is 0.0471. The number of carboxylic acid groups (broad SMARTS) is 1. The Morgan fingerprint density at radius 1 is 1.09 bits per heavy atom. The summed E-state index contributed by atoms with van der Waals surface area (Å²) in [4.78, 5) is 10.8. The fourth-order valence-corrected chi connectivity index (χ4v) is 5.08.